The molecule has 0 saturated heterocycles. The molecule has 0 amide bonds. The molecule has 62 valence electrons. The zero-order valence-electron chi connectivity index (χ0n) is 5.74. The van der Waals surface area contributed by atoms with E-state index in [2.05, 4.69) is 32.6 Å². The monoisotopic (exact) mass is 312 g/mol. The van der Waals surface area contributed by atoms with Gasteiger partial charge in [-0.2, -0.15) is 0 Å². The summed E-state index contributed by atoms with van der Waals surface area (Å²) in [6, 6.07) is 1.91. The minimum Gasteiger partial charge on any atom is -0.335 e. The number of pyridine rings is 1. The molecule has 0 saturated carbocycles. The van der Waals surface area contributed by atoms with E-state index in [0.717, 1.165) is 14.7 Å². The molecule has 0 bridgehead atoms. The van der Waals surface area contributed by atoms with E-state index in [-0.39, 0.29) is 0 Å². The number of aromatic amines is 1. The molecular weight excluding hydrogens is 310 g/mol. The summed E-state index contributed by atoms with van der Waals surface area (Å²) in [7, 11) is 0. The predicted molar refractivity (Wildman–Crippen MR) is 58.8 cm³/mol. The number of nitrogens with zero attached hydrogens (tertiary/aromatic N) is 1. The SMILES string of the molecule is Clc1cnc2[nH]c(I)cc2c1Cl. The van der Waals surface area contributed by atoms with Crippen LogP contribution in [-0.2, 0) is 0 Å². The second-order valence-corrected chi connectivity index (χ2v) is 4.25. The molecule has 0 fully saturated rings. The summed E-state index contributed by atoms with van der Waals surface area (Å²) in [5, 5.41) is 1.91. The molecule has 2 nitrogen and oxygen atoms in total. The van der Waals surface area contributed by atoms with E-state index in [4.69, 9.17) is 23.2 Å². The van der Waals surface area contributed by atoms with Crippen molar-refractivity contribution in [2.45, 2.75) is 0 Å². The van der Waals surface area contributed by atoms with E-state index in [1.54, 1.807) is 6.20 Å². The molecule has 0 spiro atoms. The van der Waals surface area contributed by atoms with Gasteiger partial charge in [0.05, 0.1) is 13.7 Å². The number of nitrogens with one attached hydrogen (secondary N) is 1. The Kier molecular flexibility index (Phi) is 2.18. The van der Waals surface area contributed by atoms with E-state index in [0.29, 0.717) is 10.0 Å². The normalized spacial score (nSPS) is 10.9. The third-order valence-corrected chi connectivity index (χ3v) is 2.89. The number of hydrogen-bond acceptors (Lipinski definition) is 1. The maximum absolute atomic E-state index is 5.94. The summed E-state index contributed by atoms with van der Waals surface area (Å²) in [6.07, 6.45) is 1.54. The van der Waals surface area contributed by atoms with Crippen molar-refractivity contribution >= 4 is 56.8 Å². The van der Waals surface area contributed by atoms with Crippen molar-refractivity contribution in [2.75, 3.05) is 0 Å². The first-order valence-corrected chi connectivity index (χ1v) is 5.00. The lowest BCUT2D eigenvalue weighted by molar-refractivity contribution is 1.30. The molecule has 0 unspecified atom stereocenters. The van der Waals surface area contributed by atoms with Crippen LogP contribution in [-0.4, -0.2) is 9.97 Å². The fourth-order valence-corrected chi connectivity index (χ4v) is 1.90. The number of halogens is 3. The average molecular weight is 313 g/mol. The fourth-order valence-electron chi connectivity index (χ4n) is 0.987. The van der Waals surface area contributed by atoms with Gasteiger partial charge in [-0.15, -0.1) is 0 Å². The van der Waals surface area contributed by atoms with Gasteiger partial charge in [0, 0.05) is 11.6 Å². The van der Waals surface area contributed by atoms with Gasteiger partial charge in [-0.05, 0) is 28.7 Å². The van der Waals surface area contributed by atoms with Gasteiger partial charge < -0.3 is 4.98 Å². The highest BCUT2D eigenvalue weighted by molar-refractivity contribution is 14.1. The van der Waals surface area contributed by atoms with E-state index < -0.39 is 0 Å². The number of H-pyrrole nitrogens is 1. The molecule has 2 heterocycles. The van der Waals surface area contributed by atoms with Crippen LogP contribution in [0.15, 0.2) is 12.3 Å². The lowest BCUT2D eigenvalue weighted by atomic mass is 10.3. The molecule has 0 atom stereocenters. The Morgan fingerprint density at radius 2 is 2.17 bits per heavy atom. The largest absolute Gasteiger partial charge is 0.335 e. The van der Waals surface area contributed by atoms with Crippen molar-refractivity contribution in [2.24, 2.45) is 0 Å². The molecule has 5 heteroatoms. The lowest BCUT2D eigenvalue weighted by Crippen LogP contribution is -1.77. The lowest BCUT2D eigenvalue weighted by Gasteiger charge is -1.94. The van der Waals surface area contributed by atoms with Crippen molar-refractivity contribution in [1.82, 2.24) is 9.97 Å². The quantitative estimate of drug-likeness (QED) is 0.741. The Morgan fingerprint density at radius 1 is 1.42 bits per heavy atom. The Bertz CT molecular complexity index is 438. The first-order valence-electron chi connectivity index (χ1n) is 3.16. The highest BCUT2D eigenvalue weighted by Gasteiger charge is 2.06. The van der Waals surface area contributed by atoms with Crippen molar-refractivity contribution < 1.29 is 0 Å². The van der Waals surface area contributed by atoms with Crippen LogP contribution < -0.4 is 0 Å². The molecule has 12 heavy (non-hydrogen) atoms. The smallest absolute Gasteiger partial charge is 0.139 e. The Labute approximate surface area is 92.4 Å². The Hall–Kier alpha value is -0.0000000000000000555. The highest BCUT2D eigenvalue weighted by Crippen LogP contribution is 2.29. The summed E-state index contributed by atoms with van der Waals surface area (Å²) < 4.78 is 0.999. The van der Waals surface area contributed by atoms with Gasteiger partial charge in [0.2, 0.25) is 0 Å². The molecule has 0 aliphatic heterocycles. The summed E-state index contributed by atoms with van der Waals surface area (Å²) >= 11 is 13.9. The number of fused-ring (bicyclic) bond motifs is 1. The number of hydrogen-bond donors (Lipinski definition) is 1. The maximum atomic E-state index is 5.94. The summed E-state index contributed by atoms with van der Waals surface area (Å²) in [5.74, 6) is 0. The van der Waals surface area contributed by atoms with Crippen molar-refractivity contribution in [3.8, 4) is 0 Å². The van der Waals surface area contributed by atoms with Crippen molar-refractivity contribution in [3.05, 3.63) is 26.0 Å². The van der Waals surface area contributed by atoms with Crippen LogP contribution in [0.4, 0.5) is 0 Å². The molecule has 2 rings (SSSR count). The summed E-state index contributed by atoms with van der Waals surface area (Å²) in [6.45, 7) is 0. The first kappa shape index (κ1) is 8.59. The molecule has 0 aliphatic carbocycles. The van der Waals surface area contributed by atoms with Crippen LogP contribution in [0.25, 0.3) is 11.0 Å². The Balaban J connectivity index is 2.89. The van der Waals surface area contributed by atoms with E-state index >= 15 is 0 Å². The van der Waals surface area contributed by atoms with Crippen LogP contribution in [0.3, 0.4) is 0 Å². The van der Waals surface area contributed by atoms with E-state index in [9.17, 15) is 0 Å². The van der Waals surface area contributed by atoms with Crippen LogP contribution in [0.5, 0.6) is 0 Å². The topological polar surface area (TPSA) is 28.7 Å². The molecule has 2 aromatic heterocycles. The first-order chi connectivity index (χ1) is 5.68. The molecule has 0 aliphatic rings. The standard InChI is InChI=1S/C7H3Cl2IN2/c8-4-2-11-7-3(6(4)9)1-5(10)12-7/h1-2H,(H,11,12). The fraction of sp³-hybridized carbons (Fsp3) is 0. The zero-order valence-corrected chi connectivity index (χ0v) is 9.41. The predicted octanol–water partition coefficient (Wildman–Crippen LogP) is 3.47. The molecule has 2 aromatic rings. The number of rotatable bonds is 0. The Morgan fingerprint density at radius 3 is 2.92 bits per heavy atom. The van der Waals surface area contributed by atoms with Gasteiger partial charge in [0.15, 0.2) is 0 Å². The van der Waals surface area contributed by atoms with Gasteiger partial charge in [0.1, 0.15) is 5.65 Å². The van der Waals surface area contributed by atoms with Crippen molar-refractivity contribution in [1.29, 1.82) is 0 Å². The van der Waals surface area contributed by atoms with Gasteiger partial charge >= 0.3 is 0 Å². The molecular formula is C7H3Cl2IN2. The second kappa shape index (κ2) is 3.05. The molecule has 1 N–H and O–H groups in total. The summed E-state index contributed by atoms with van der Waals surface area (Å²) in [5.41, 5.74) is 0.772. The minimum absolute atomic E-state index is 0.486. The number of aromatic nitrogens is 2. The van der Waals surface area contributed by atoms with Gasteiger partial charge in [-0.25, -0.2) is 4.98 Å². The third kappa shape index (κ3) is 1.30. The molecule has 0 radical (unpaired) electrons. The van der Waals surface area contributed by atoms with Gasteiger partial charge in [-0.3, -0.25) is 0 Å². The van der Waals surface area contributed by atoms with Gasteiger partial charge in [-0.1, -0.05) is 23.2 Å². The highest BCUT2D eigenvalue weighted by atomic mass is 127. The van der Waals surface area contributed by atoms with Crippen LogP contribution >= 0.6 is 45.8 Å². The average Bonchev–Trinajstić information content (AvgIpc) is 2.39. The van der Waals surface area contributed by atoms with E-state index in [1.807, 2.05) is 6.07 Å². The molecule has 0 aromatic carbocycles. The second-order valence-electron chi connectivity index (χ2n) is 2.30. The summed E-state index contributed by atoms with van der Waals surface area (Å²) in [4.78, 5) is 7.14. The van der Waals surface area contributed by atoms with Crippen LogP contribution in [0.1, 0.15) is 0 Å². The van der Waals surface area contributed by atoms with Gasteiger partial charge in [0.25, 0.3) is 0 Å². The van der Waals surface area contributed by atoms with Crippen molar-refractivity contribution in [3.63, 3.8) is 0 Å². The third-order valence-electron chi connectivity index (χ3n) is 1.52. The zero-order chi connectivity index (χ0) is 8.72. The van der Waals surface area contributed by atoms with E-state index in [1.165, 1.54) is 0 Å². The van der Waals surface area contributed by atoms with Crippen LogP contribution in [0, 0.1) is 3.70 Å². The minimum atomic E-state index is 0.486. The maximum Gasteiger partial charge on any atom is 0.139 e. The van der Waals surface area contributed by atoms with Crippen LogP contribution in [0.2, 0.25) is 10.0 Å².